The van der Waals surface area contributed by atoms with Crippen molar-refractivity contribution in [3.05, 3.63) is 35.9 Å². The average Bonchev–Trinajstić information content (AvgIpc) is 2.46. The molecule has 1 aliphatic rings. The van der Waals surface area contributed by atoms with Crippen LogP contribution in [0.15, 0.2) is 30.3 Å². The Labute approximate surface area is 120 Å². The molecule has 0 amide bonds. The molecule has 3 nitrogen and oxygen atoms in total. The first-order chi connectivity index (χ1) is 9.16. The molecule has 0 spiro atoms. The largest absolute Gasteiger partial charge is 0.393 e. The SMILES string of the molecule is CN(OCc1ccccc1)C1CCC(C(N)=S)CC1. The van der Waals surface area contributed by atoms with E-state index in [2.05, 4.69) is 12.1 Å². The molecule has 1 saturated carbocycles. The van der Waals surface area contributed by atoms with Gasteiger partial charge in [-0.3, -0.25) is 4.84 Å². The fourth-order valence-corrected chi connectivity index (χ4v) is 2.82. The Morgan fingerprint density at radius 1 is 1.26 bits per heavy atom. The number of hydrogen-bond acceptors (Lipinski definition) is 3. The van der Waals surface area contributed by atoms with Gasteiger partial charge in [0.05, 0.1) is 11.6 Å². The van der Waals surface area contributed by atoms with Crippen LogP contribution >= 0.6 is 12.2 Å². The summed E-state index contributed by atoms with van der Waals surface area (Å²) < 4.78 is 0. The van der Waals surface area contributed by atoms with Gasteiger partial charge in [0.1, 0.15) is 0 Å². The molecule has 0 unspecified atom stereocenters. The molecule has 1 aromatic carbocycles. The highest BCUT2D eigenvalue weighted by molar-refractivity contribution is 7.80. The third-order valence-corrected chi connectivity index (χ3v) is 4.22. The third kappa shape index (κ3) is 4.27. The zero-order valence-corrected chi connectivity index (χ0v) is 12.2. The van der Waals surface area contributed by atoms with Crippen molar-refractivity contribution in [1.29, 1.82) is 0 Å². The number of thiocarbonyl (C=S) groups is 1. The van der Waals surface area contributed by atoms with Gasteiger partial charge in [0.2, 0.25) is 0 Å². The van der Waals surface area contributed by atoms with E-state index in [4.69, 9.17) is 22.8 Å². The minimum absolute atomic E-state index is 0.425. The van der Waals surface area contributed by atoms with Gasteiger partial charge in [-0.25, -0.2) is 0 Å². The molecule has 0 bridgehead atoms. The molecule has 1 aromatic rings. The summed E-state index contributed by atoms with van der Waals surface area (Å²) in [4.78, 5) is 6.50. The Bertz CT molecular complexity index is 402. The van der Waals surface area contributed by atoms with Crippen LogP contribution in [-0.2, 0) is 11.4 Å². The first-order valence-electron chi connectivity index (χ1n) is 6.86. The number of rotatable bonds is 5. The van der Waals surface area contributed by atoms with Crippen LogP contribution in [0.1, 0.15) is 31.2 Å². The lowest BCUT2D eigenvalue weighted by Gasteiger charge is -2.33. The van der Waals surface area contributed by atoms with E-state index in [1.807, 2.05) is 30.3 Å². The molecule has 4 heteroatoms. The summed E-state index contributed by atoms with van der Waals surface area (Å²) in [7, 11) is 2.02. The van der Waals surface area contributed by atoms with Gasteiger partial charge >= 0.3 is 0 Å². The summed E-state index contributed by atoms with van der Waals surface area (Å²) >= 11 is 5.07. The lowest BCUT2D eigenvalue weighted by atomic mass is 9.86. The Balaban J connectivity index is 1.75. The molecule has 0 saturated heterocycles. The zero-order valence-electron chi connectivity index (χ0n) is 11.4. The predicted molar refractivity (Wildman–Crippen MR) is 81.5 cm³/mol. The van der Waals surface area contributed by atoms with Crippen molar-refractivity contribution in [2.75, 3.05) is 7.05 Å². The normalized spacial score (nSPS) is 23.5. The monoisotopic (exact) mass is 278 g/mol. The third-order valence-electron chi connectivity index (χ3n) is 3.89. The van der Waals surface area contributed by atoms with Gasteiger partial charge < -0.3 is 5.73 Å². The van der Waals surface area contributed by atoms with Crippen LogP contribution in [0.25, 0.3) is 0 Å². The molecule has 0 aliphatic heterocycles. The van der Waals surface area contributed by atoms with Crippen molar-refractivity contribution in [3.63, 3.8) is 0 Å². The predicted octanol–water partition coefficient (Wildman–Crippen LogP) is 2.89. The molecule has 2 rings (SSSR count). The first-order valence-corrected chi connectivity index (χ1v) is 7.26. The van der Waals surface area contributed by atoms with Gasteiger partial charge in [-0.15, -0.1) is 0 Å². The Hall–Kier alpha value is -0.970. The van der Waals surface area contributed by atoms with E-state index in [1.165, 1.54) is 5.56 Å². The van der Waals surface area contributed by atoms with Crippen LogP contribution in [-0.4, -0.2) is 23.1 Å². The lowest BCUT2D eigenvalue weighted by Crippen LogP contribution is -2.37. The molecule has 1 aliphatic carbocycles. The lowest BCUT2D eigenvalue weighted by molar-refractivity contribution is -0.184. The van der Waals surface area contributed by atoms with E-state index in [1.54, 1.807) is 0 Å². The van der Waals surface area contributed by atoms with Crippen molar-refractivity contribution < 1.29 is 4.84 Å². The molecule has 19 heavy (non-hydrogen) atoms. The number of nitrogens with zero attached hydrogens (tertiary/aromatic N) is 1. The summed E-state index contributed by atoms with van der Waals surface area (Å²) in [6, 6.07) is 10.7. The second kappa shape index (κ2) is 6.98. The fraction of sp³-hybridized carbons (Fsp3) is 0.533. The summed E-state index contributed by atoms with van der Waals surface area (Å²) in [6.45, 7) is 0.632. The topological polar surface area (TPSA) is 38.5 Å². The van der Waals surface area contributed by atoms with E-state index in [-0.39, 0.29) is 0 Å². The van der Waals surface area contributed by atoms with Crippen LogP contribution in [0.5, 0.6) is 0 Å². The standard InChI is InChI=1S/C15H22N2OS/c1-17(18-11-12-5-3-2-4-6-12)14-9-7-13(8-10-14)15(16)19/h2-6,13-14H,7-11H2,1H3,(H2,16,19). The summed E-state index contributed by atoms with van der Waals surface area (Å²) in [5.41, 5.74) is 6.91. The number of hydrogen-bond donors (Lipinski definition) is 1. The van der Waals surface area contributed by atoms with Gasteiger partial charge in [0.15, 0.2) is 0 Å². The van der Waals surface area contributed by atoms with Crippen molar-refractivity contribution in [1.82, 2.24) is 5.06 Å². The zero-order chi connectivity index (χ0) is 13.7. The van der Waals surface area contributed by atoms with E-state index in [9.17, 15) is 0 Å². The minimum Gasteiger partial charge on any atom is -0.393 e. The quantitative estimate of drug-likeness (QED) is 0.664. The number of hydroxylamine groups is 2. The molecule has 0 heterocycles. The van der Waals surface area contributed by atoms with Crippen molar-refractivity contribution in [2.24, 2.45) is 11.7 Å². The maximum absolute atomic E-state index is 5.83. The van der Waals surface area contributed by atoms with E-state index in [0.29, 0.717) is 23.6 Å². The maximum atomic E-state index is 5.83. The highest BCUT2D eigenvalue weighted by atomic mass is 32.1. The van der Waals surface area contributed by atoms with Crippen LogP contribution in [0, 0.1) is 5.92 Å². The Morgan fingerprint density at radius 3 is 2.47 bits per heavy atom. The molecular weight excluding hydrogens is 256 g/mol. The molecule has 2 N–H and O–H groups in total. The van der Waals surface area contributed by atoms with E-state index in [0.717, 1.165) is 25.7 Å². The molecule has 1 fully saturated rings. The molecule has 104 valence electrons. The van der Waals surface area contributed by atoms with Crippen LogP contribution in [0.3, 0.4) is 0 Å². The molecule has 0 atom stereocenters. The van der Waals surface area contributed by atoms with E-state index < -0.39 is 0 Å². The van der Waals surface area contributed by atoms with Crippen molar-refractivity contribution >= 4 is 17.2 Å². The molecule has 0 radical (unpaired) electrons. The maximum Gasteiger partial charge on any atom is 0.0935 e. The fourth-order valence-electron chi connectivity index (χ4n) is 2.58. The van der Waals surface area contributed by atoms with Gasteiger partial charge in [-0.2, -0.15) is 5.06 Å². The van der Waals surface area contributed by atoms with Gasteiger partial charge in [-0.05, 0) is 31.2 Å². The van der Waals surface area contributed by atoms with Crippen LogP contribution in [0.4, 0.5) is 0 Å². The van der Waals surface area contributed by atoms with Gasteiger partial charge in [0, 0.05) is 19.0 Å². The molecular formula is C15H22N2OS. The first kappa shape index (κ1) is 14.4. The minimum atomic E-state index is 0.425. The van der Waals surface area contributed by atoms with Crippen molar-refractivity contribution in [2.45, 2.75) is 38.3 Å². The average molecular weight is 278 g/mol. The second-order valence-electron chi connectivity index (χ2n) is 5.21. The highest BCUT2D eigenvalue weighted by Gasteiger charge is 2.25. The second-order valence-corrected chi connectivity index (χ2v) is 5.68. The smallest absolute Gasteiger partial charge is 0.0935 e. The summed E-state index contributed by atoms with van der Waals surface area (Å²) in [5.74, 6) is 0.425. The van der Waals surface area contributed by atoms with Gasteiger partial charge in [0.25, 0.3) is 0 Å². The van der Waals surface area contributed by atoms with Gasteiger partial charge in [-0.1, -0.05) is 42.5 Å². The van der Waals surface area contributed by atoms with Crippen molar-refractivity contribution in [3.8, 4) is 0 Å². The van der Waals surface area contributed by atoms with E-state index >= 15 is 0 Å². The number of nitrogens with two attached hydrogens (primary N) is 1. The van der Waals surface area contributed by atoms with Crippen LogP contribution < -0.4 is 5.73 Å². The Kier molecular flexibility index (Phi) is 5.31. The Morgan fingerprint density at radius 2 is 1.89 bits per heavy atom. The highest BCUT2D eigenvalue weighted by Crippen LogP contribution is 2.27. The van der Waals surface area contributed by atoms with Crippen LogP contribution in [0.2, 0.25) is 0 Å². The molecule has 0 aromatic heterocycles. The summed E-state index contributed by atoms with van der Waals surface area (Å²) in [5, 5.41) is 2.00. The summed E-state index contributed by atoms with van der Waals surface area (Å²) in [6.07, 6.45) is 4.37. The number of benzene rings is 1.